The van der Waals surface area contributed by atoms with Crippen molar-refractivity contribution in [2.45, 2.75) is 45.8 Å². The van der Waals surface area contributed by atoms with Crippen molar-refractivity contribution in [3.05, 3.63) is 18.7 Å². The number of nitrogens with zero attached hydrogens (tertiary/aromatic N) is 5. The summed E-state index contributed by atoms with van der Waals surface area (Å²) in [4.78, 5) is 24.9. The number of imidazole rings is 1. The monoisotopic (exact) mass is 448 g/mol. The number of amides is 1. The number of piperazine rings is 1. The number of carbonyl (C=O) groups excluding carboxylic acids is 1. The quantitative estimate of drug-likeness (QED) is 0.430. The average Bonchev–Trinajstić information content (AvgIpc) is 2.94. The van der Waals surface area contributed by atoms with E-state index in [-0.39, 0.29) is 41.5 Å². The van der Waals surface area contributed by atoms with Gasteiger partial charge in [0, 0.05) is 45.1 Å². The highest BCUT2D eigenvalue weighted by Gasteiger charge is 2.40. The number of nitrogens with one attached hydrogen (secondary N) is 1. The van der Waals surface area contributed by atoms with Crippen molar-refractivity contribution in [3.8, 4) is 0 Å². The average molecular weight is 448 g/mol. The minimum Gasteiger partial charge on any atom is -0.354 e. The van der Waals surface area contributed by atoms with Crippen molar-refractivity contribution in [2.24, 2.45) is 4.99 Å². The maximum atomic E-state index is 12.5. The predicted molar refractivity (Wildman–Crippen MR) is 107 cm³/mol. The summed E-state index contributed by atoms with van der Waals surface area (Å²) in [6.45, 7) is 11.0. The number of aliphatic imine (C=N–C) groups is 1. The van der Waals surface area contributed by atoms with Gasteiger partial charge in [-0.3, -0.25) is 9.79 Å². The molecular formula is C16H29IN6O. The molecule has 0 spiro atoms. The number of guanidine groups is 1. The first-order valence-electron chi connectivity index (χ1n) is 8.08. The highest BCUT2D eigenvalue weighted by Crippen LogP contribution is 2.24. The molecule has 0 saturated carbocycles. The van der Waals surface area contributed by atoms with E-state index in [1.165, 1.54) is 0 Å². The van der Waals surface area contributed by atoms with Crippen molar-refractivity contribution in [2.75, 3.05) is 26.7 Å². The van der Waals surface area contributed by atoms with Crippen LogP contribution in [-0.2, 0) is 11.3 Å². The van der Waals surface area contributed by atoms with Gasteiger partial charge in [-0.2, -0.15) is 0 Å². The summed E-state index contributed by atoms with van der Waals surface area (Å²) in [6.07, 6.45) is 5.48. The molecule has 1 aliphatic heterocycles. The summed E-state index contributed by atoms with van der Waals surface area (Å²) in [6, 6.07) is 0.205. The first-order valence-corrected chi connectivity index (χ1v) is 8.08. The normalized spacial score (nSPS) is 17.9. The molecule has 1 aliphatic rings. The van der Waals surface area contributed by atoms with Crippen LogP contribution in [0.15, 0.2) is 23.7 Å². The van der Waals surface area contributed by atoms with E-state index in [1.807, 2.05) is 20.6 Å². The van der Waals surface area contributed by atoms with Crippen molar-refractivity contribution >= 4 is 35.8 Å². The van der Waals surface area contributed by atoms with E-state index in [4.69, 9.17) is 0 Å². The van der Waals surface area contributed by atoms with Crippen LogP contribution in [0.25, 0.3) is 0 Å². The highest BCUT2D eigenvalue weighted by molar-refractivity contribution is 14.0. The maximum absolute atomic E-state index is 12.5. The van der Waals surface area contributed by atoms with Gasteiger partial charge < -0.3 is 19.7 Å². The number of rotatable bonds is 4. The Morgan fingerprint density at radius 1 is 1.46 bits per heavy atom. The number of aromatic nitrogens is 2. The van der Waals surface area contributed by atoms with E-state index in [1.54, 1.807) is 19.6 Å². The summed E-state index contributed by atoms with van der Waals surface area (Å²) in [7, 11) is 1.76. The molecule has 0 atom stereocenters. The van der Waals surface area contributed by atoms with Gasteiger partial charge >= 0.3 is 0 Å². The molecule has 1 amide bonds. The first kappa shape index (κ1) is 20.7. The molecule has 8 heteroatoms. The smallest absolute Gasteiger partial charge is 0.242 e. The number of hydrogen-bond acceptors (Lipinski definition) is 3. The maximum Gasteiger partial charge on any atom is 0.242 e. The van der Waals surface area contributed by atoms with Crippen molar-refractivity contribution in [1.82, 2.24) is 24.7 Å². The molecule has 0 aliphatic carbocycles. The molecule has 1 fully saturated rings. The SMILES string of the molecule is CN=C(NCCn1ccnc1)N1CC(=O)N(C(C)C)C(C)(C)C1.I. The van der Waals surface area contributed by atoms with Gasteiger partial charge in [0.1, 0.15) is 0 Å². The second-order valence-electron chi connectivity index (χ2n) is 6.80. The van der Waals surface area contributed by atoms with Gasteiger partial charge in [-0.15, -0.1) is 24.0 Å². The van der Waals surface area contributed by atoms with E-state index in [0.29, 0.717) is 6.54 Å². The van der Waals surface area contributed by atoms with Crippen LogP contribution < -0.4 is 5.32 Å². The molecule has 1 saturated heterocycles. The third-order valence-corrected chi connectivity index (χ3v) is 4.06. The Labute approximate surface area is 161 Å². The van der Waals surface area contributed by atoms with Gasteiger partial charge in [0.25, 0.3) is 0 Å². The van der Waals surface area contributed by atoms with E-state index < -0.39 is 0 Å². The molecule has 136 valence electrons. The molecule has 1 aromatic rings. The van der Waals surface area contributed by atoms with Crippen LogP contribution >= 0.6 is 24.0 Å². The van der Waals surface area contributed by atoms with Crippen LogP contribution in [0.5, 0.6) is 0 Å². The summed E-state index contributed by atoms with van der Waals surface area (Å²) in [5, 5.41) is 3.34. The lowest BCUT2D eigenvalue weighted by molar-refractivity contribution is -0.145. The van der Waals surface area contributed by atoms with E-state index in [9.17, 15) is 4.79 Å². The van der Waals surface area contributed by atoms with Crippen molar-refractivity contribution < 1.29 is 4.79 Å². The molecule has 2 rings (SSSR count). The molecule has 0 radical (unpaired) electrons. The minimum absolute atomic E-state index is 0. The van der Waals surface area contributed by atoms with E-state index in [0.717, 1.165) is 25.6 Å². The van der Waals surface area contributed by atoms with Crippen LogP contribution in [-0.4, -0.2) is 69.5 Å². The fraction of sp³-hybridized carbons (Fsp3) is 0.688. The van der Waals surface area contributed by atoms with Crippen molar-refractivity contribution in [1.29, 1.82) is 0 Å². The van der Waals surface area contributed by atoms with E-state index in [2.05, 4.69) is 43.0 Å². The lowest BCUT2D eigenvalue weighted by Gasteiger charge is -2.49. The van der Waals surface area contributed by atoms with Crippen LogP contribution in [0.1, 0.15) is 27.7 Å². The zero-order chi connectivity index (χ0) is 17.0. The largest absolute Gasteiger partial charge is 0.354 e. The number of halogens is 1. The summed E-state index contributed by atoms with van der Waals surface area (Å²) >= 11 is 0. The van der Waals surface area contributed by atoms with Gasteiger partial charge in [0.15, 0.2) is 5.96 Å². The van der Waals surface area contributed by atoms with Gasteiger partial charge in [0.2, 0.25) is 5.91 Å². The molecule has 0 bridgehead atoms. The topological polar surface area (TPSA) is 65.8 Å². The number of carbonyl (C=O) groups is 1. The zero-order valence-corrected chi connectivity index (χ0v) is 17.5. The van der Waals surface area contributed by atoms with Crippen LogP contribution in [0, 0.1) is 0 Å². The first-order chi connectivity index (χ1) is 10.8. The third-order valence-electron chi connectivity index (χ3n) is 4.06. The molecule has 1 aromatic heterocycles. The van der Waals surface area contributed by atoms with Gasteiger partial charge in [-0.05, 0) is 27.7 Å². The molecule has 0 aromatic carbocycles. The minimum atomic E-state index is -0.217. The Bertz CT molecular complexity index is 555. The Balaban J connectivity index is 0.00000288. The molecule has 0 unspecified atom stereocenters. The summed E-state index contributed by atoms with van der Waals surface area (Å²) < 4.78 is 2.01. The van der Waals surface area contributed by atoms with Gasteiger partial charge in [-0.1, -0.05) is 0 Å². The fourth-order valence-corrected chi connectivity index (χ4v) is 3.36. The van der Waals surface area contributed by atoms with Crippen molar-refractivity contribution in [3.63, 3.8) is 0 Å². The second-order valence-corrected chi connectivity index (χ2v) is 6.80. The van der Waals surface area contributed by atoms with Gasteiger partial charge in [-0.25, -0.2) is 4.98 Å². The van der Waals surface area contributed by atoms with Crippen LogP contribution in [0.4, 0.5) is 0 Å². The standard InChI is InChI=1S/C16H28N6O.HI/c1-13(2)22-14(23)10-21(11-16(22,3)4)15(17-5)19-7-9-20-8-6-18-12-20;/h6,8,12-13H,7,9-11H2,1-5H3,(H,17,19);1H. The Hall–Kier alpha value is -1.32. The lowest BCUT2D eigenvalue weighted by Crippen LogP contribution is -2.66. The Kier molecular flexibility index (Phi) is 7.50. The molecule has 7 nitrogen and oxygen atoms in total. The fourth-order valence-electron chi connectivity index (χ4n) is 3.36. The Morgan fingerprint density at radius 3 is 2.67 bits per heavy atom. The van der Waals surface area contributed by atoms with Crippen LogP contribution in [0.2, 0.25) is 0 Å². The third kappa shape index (κ3) is 4.84. The second kappa shape index (κ2) is 8.68. The molecular weight excluding hydrogens is 419 g/mol. The summed E-state index contributed by atoms with van der Waals surface area (Å²) in [5.41, 5.74) is -0.217. The molecule has 2 heterocycles. The zero-order valence-electron chi connectivity index (χ0n) is 15.2. The lowest BCUT2D eigenvalue weighted by atomic mass is 9.96. The summed E-state index contributed by atoms with van der Waals surface area (Å²) in [5.74, 6) is 0.920. The van der Waals surface area contributed by atoms with Crippen LogP contribution in [0.3, 0.4) is 0 Å². The highest BCUT2D eigenvalue weighted by atomic mass is 127. The van der Waals surface area contributed by atoms with E-state index >= 15 is 0 Å². The molecule has 24 heavy (non-hydrogen) atoms. The van der Waals surface area contributed by atoms with Gasteiger partial charge in [0.05, 0.1) is 18.4 Å². The number of hydrogen-bond donors (Lipinski definition) is 1. The predicted octanol–water partition coefficient (Wildman–Crippen LogP) is 1.41. The molecule has 1 N–H and O–H groups in total. The Morgan fingerprint density at radius 2 is 2.17 bits per heavy atom.